The van der Waals surface area contributed by atoms with Crippen LogP contribution in [0.1, 0.15) is 26.6 Å². The number of quaternary nitrogens is 1. The number of nitrogens with zero attached hydrogens (tertiary/aromatic N) is 1. The van der Waals surface area contributed by atoms with Crippen LogP contribution in [-0.4, -0.2) is 35.0 Å². The average Bonchev–Trinajstić information content (AvgIpc) is 2.45. The van der Waals surface area contributed by atoms with Crippen molar-refractivity contribution in [1.29, 1.82) is 0 Å². The number of para-hydroxylation sites is 1. The lowest BCUT2D eigenvalue weighted by Gasteiger charge is -2.21. The molecule has 22 heavy (non-hydrogen) atoms. The number of H-pyrrole nitrogens is 1. The van der Waals surface area contributed by atoms with Gasteiger partial charge in [-0.05, 0) is 32.9 Å². The highest BCUT2D eigenvalue weighted by Crippen LogP contribution is 2.04. The molecule has 0 aliphatic heterocycles. The van der Waals surface area contributed by atoms with Gasteiger partial charge in [-0.25, -0.2) is 4.98 Å². The number of hydrogen-bond acceptors (Lipinski definition) is 3. The zero-order chi connectivity index (χ0) is 16.3. The molecule has 0 bridgehead atoms. The monoisotopic (exact) mass is 303 g/mol. The number of carbonyl (C=O) groups is 1. The maximum atomic E-state index is 12.0. The summed E-state index contributed by atoms with van der Waals surface area (Å²) in [6, 6.07) is 7.13. The maximum absolute atomic E-state index is 12.0. The van der Waals surface area contributed by atoms with E-state index in [0.717, 1.165) is 4.90 Å². The van der Waals surface area contributed by atoms with E-state index in [1.807, 2.05) is 46.0 Å². The van der Waals surface area contributed by atoms with Crippen molar-refractivity contribution < 1.29 is 9.69 Å². The number of likely N-dealkylation sites (N-methyl/N-ethyl adjacent to an activating group) is 1. The molecule has 2 atom stereocenters. The van der Waals surface area contributed by atoms with Crippen molar-refractivity contribution in [2.24, 2.45) is 0 Å². The van der Waals surface area contributed by atoms with E-state index in [1.165, 1.54) is 0 Å². The number of carbonyl (C=O) groups excluding carboxylic acids is 1. The van der Waals surface area contributed by atoms with Gasteiger partial charge in [0.15, 0.2) is 11.9 Å². The second-order valence-corrected chi connectivity index (χ2v) is 5.94. The summed E-state index contributed by atoms with van der Waals surface area (Å²) in [5.74, 6) is 0.584. The molecule has 1 unspecified atom stereocenters. The number of benzene rings is 1. The normalized spacial score (nSPS) is 14.0. The average molecular weight is 303 g/mol. The molecule has 0 spiro atoms. The minimum absolute atomic E-state index is 0.00404. The molecule has 0 aliphatic carbocycles. The molecule has 0 fully saturated rings. The summed E-state index contributed by atoms with van der Waals surface area (Å²) in [4.78, 5) is 32.3. The van der Waals surface area contributed by atoms with Gasteiger partial charge in [0.1, 0.15) is 6.54 Å². The molecule has 118 valence electrons. The van der Waals surface area contributed by atoms with Crippen LogP contribution < -0.4 is 15.8 Å². The Morgan fingerprint density at radius 1 is 1.32 bits per heavy atom. The molecule has 0 aliphatic rings. The molecule has 6 nitrogen and oxygen atoms in total. The molecule has 3 N–H and O–H groups in total. The Kier molecular flexibility index (Phi) is 4.92. The van der Waals surface area contributed by atoms with Crippen LogP contribution in [0.25, 0.3) is 10.9 Å². The van der Waals surface area contributed by atoms with Crippen LogP contribution in [-0.2, 0) is 11.3 Å². The summed E-state index contributed by atoms with van der Waals surface area (Å²) in [5.41, 5.74) is 0.529. The van der Waals surface area contributed by atoms with Gasteiger partial charge in [0, 0.05) is 6.04 Å². The largest absolute Gasteiger partial charge is 0.349 e. The smallest absolute Gasteiger partial charge is 0.278 e. The second kappa shape index (κ2) is 6.70. The summed E-state index contributed by atoms with van der Waals surface area (Å²) in [5, 5.41) is 3.48. The fraction of sp³-hybridized carbons (Fsp3) is 0.438. The Hall–Kier alpha value is -2.21. The molecule has 1 aromatic heterocycles. The molecule has 0 saturated carbocycles. The first-order chi connectivity index (χ1) is 10.4. The first kappa shape index (κ1) is 16.2. The van der Waals surface area contributed by atoms with Crippen molar-refractivity contribution in [2.75, 3.05) is 7.05 Å². The van der Waals surface area contributed by atoms with Crippen LogP contribution in [0.5, 0.6) is 0 Å². The highest BCUT2D eigenvalue weighted by molar-refractivity contribution is 5.80. The molecule has 0 saturated heterocycles. The molecule has 6 heteroatoms. The molecular formula is C16H23N4O2+. The zero-order valence-electron chi connectivity index (χ0n) is 13.4. The number of amides is 1. The van der Waals surface area contributed by atoms with Gasteiger partial charge >= 0.3 is 0 Å². The van der Waals surface area contributed by atoms with E-state index >= 15 is 0 Å². The lowest BCUT2D eigenvalue weighted by Crippen LogP contribution is -3.12. The topological polar surface area (TPSA) is 79.3 Å². The SMILES string of the molecule is CC(C)NC(=O)[C@H](C)[NH+](C)Cc1nc2ccccc2c(=O)[nH]1. The van der Waals surface area contributed by atoms with Crippen molar-refractivity contribution in [1.82, 2.24) is 15.3 Å². The minimum Gasteiger partial charge on any atom is -0.349 e. The highest BCUT2D eigenvalue weighted by Gasteiger charge is 2.23. The Bertz CT molecular complexity index is 723. The lowest BCUT2D eigenvalue weighted by atomic mass is 10.2. The molecular weight excluding hydrogens is 280 g/mol. The van der Waals surface area contributed by atoms with Gasteiger partial charge in [-0.15, -0.1) is 0 Å². The van der Waals surface area contributed by atoms with Gasteiger partial charge in [-0.2, -0.15) is 0 Å². The molecule has 2 aromatic rings. The van der Waals surface area contributed by atoms with Crippen LogP contribution in [0.3, 0.4) is 0 Å². The van der Waals surface area contributed by atoms with E-state index in [2.05, 4.69) is 15.3 Å². The first-order valence-corrected chi connectivity index (χ1v) is 7.49. The fourth-order valence-electron chi connectivity index (χ4n) is 2.27. The molecule has 2 rings (SSSR count). The number of hydrogen-bond donors (Lipinski definition) is 3. The number of aromatic amines is 1. The van der Waals surface area contributed by atoms with Crippen LogP contribution in [0.4, 0.5) is 0 Å². The summed E-state index contributed by atoms with van der Waals surface area (Å²) in [6.45, 7) is 6.21. The number of aromatic nitrogens is 2. The Balaban J connectivity index is 2.16. The van der Waals surface area contributed by atoms with Crippen molar-refractivity contribution in [3.63, 3.8) is 0 Å². The number of fused-ring (bicyclic) bond motifs is 1. The van der Waals surface area contributed by atoms with Crippen LogP contribution in [0.2, 0.25) is 0 Å². The van der Waals surface area contributed by atoms with Crippen molar-refractivity contribution >= 4 is 16.8 Å². The molecule has 1 aromatic carbocycles. The van der Waals surface area contributed by atoms with Gasteiger partial charge in [-0.1, -0.05) is 12.1 Å². The van der Waals surface area contributed by atoms with E-state index in [9.17, 15) is 9.59 Å². The first-order valence-electron chi connectivity index (χ1n) is 7.49. The Morgan fingerprint density at radius 2 is 2.00 bits per heavy atom. The third-order valence-corrected chi connectivity index (χ3v) is 3.67. The highest BCUT2D eigenvalue weighted by atomic mass is 16.2. The summed E-state index contributed by atoms with van der Waals surface area (Å²) in [6.07, 6.45) is 0. The van der Waals surface area contributed by atoms with Crippen molar-refractivity contribution in [3.05, 3.63) is 40.4 Å². The van der Waals surface area contributed by atoms with E-state index in [0.29, 0.717) is 23.3 Å². The van der Waals surface area contributed by atoms with Crippen molar-refractivity contribution in [3.8, 4) is 0 Å². The number of rotatable bonds is 5. The van der Waals surface area contributed by atoms with Crippen LogP contribution >= 0.6 is 0 Å². The van der Waals surface area contributed by atoms with Crippen LogP contribution in [0.15, 0.2) is 29.1 Å². The minimum atomic E-state index is -0.223. The van der Waals surface area contributed by atoms with E-state index in [4.69, 9.17) is 0 Å². The second-order valence-electron chi connectivity index (χ2n) is 5.94. The zero-order valence-corrected chi connectivity index (χ0v) is 13.4. The standard InChI is InChI=1S/C16H22N4O2/c1-10(2)17-15(21)11(3)20(4)9-14-18-13-8-6-5-7-12(13)16(22)19-14/h5-8,10-11H,9H2,1-4H3,(H,17,21)(H,18,19,22)/p+1/t11-/m0/s1. The van der Waals surface area contributed by atoms with Gasteiger partial charge in [0.25, 0.3) is 11.5 Å². The third-order valence-electron chi connectivity index (χ3n) is 3.67. The van der Waals surface area contributed by atoms with Gasteiger partial charge in [0.05, 0.1) is 18.0 Å². The van der Waals surface area contributed by atoms with Gasteiger partial charge in [0.2, 0.25) is 0 Å². The van der Waals surface area contributed by atoms with Gasteiger partial charge < -0.3 is 15.2 Å². The fourth-order valence-corrected chi connectivity index (χ4v) is 2.27. The summed E-state index contributed by atoms with van der Waals surface area (Å²) >= 11 is 0. The lowest BCUT2D eigenvalue weighted by molar-refractivity contribution is -0.908. The van der Waals surface area contributed by atoms with Crippen molar-refractivity contribution in [2.45, 2.75) is 39.4 Å². The molecule has 1 heterocycles. The third kappa shape index (κ3) is 3.71. The summed E-state index contributed by atoms with van der Waals surface area (Å²) in [7, 11) is 1.92. The maximum Gasteiger partial charge on any atom is 0.278 e. The molecule has 0 radical (unpaired) electrons. The predicted octanol–water partition coefficient (Wildman–Crippen LogP) is -0.149. The Morgan fingerprint density at radius 3 is 2.68 bits per heavy atom. The molecule has 1 amide bonds. The van der Waals surface area contributed by atoms with E-state index in [1.54, 1.807) is 6.07 Å². The van der Waals surface area contributed by atoms with Crippen LogP contribution in [0, 0.1) is 0 Å². The Labute approximate surface area is 129 Å². The van der Waals surface area contributed by atoms with Gasteiger partial charge in [-0.3, -0.25) is 9.59 Å². The van der Waals surface area contributed by atoms with E-state index in [-0.39, 0.29) is 23.6 Å². The summed E-state index contributed by atoms with van der Waals surface area (Å²) < 4.78 is 0. The number of nitrogens with one attached hydrogen (secondary N) is 3. The van der Waals surface area contributed by atoms with E-state index < -0.39 is 0 Å². The quantitative estimate of drug-likeness (QED) is 0.719. The predicted molar refractivity (Wildman–Crippen MR) is 85.7 cm³/mol.